The van der Waals surface area contributed by atoms with E-state index in [9.17, 15) is 9.59 Å². The zero-order chi connectivity index (χ0) is 15.1. The van der Waals surface area contributed by atoms with Crippen molar-refractivity contribution >= 4 is 55.2 Å². The lowest BCUT2D eigenvalue weighted by molar-refractivity contribution is -0.117. The maximum atomic E-state index is 12.1. The van der Waals surface area contributed by atoms with Crippen LogP contribution in [0.25, 0.3) is 0 Å². The van der Waals surface area contributed by atoms with Crippen molar-refractivity contribution in [2.75, 3.05) is 11.4 Å². The molecule has 0 radical (unpaired) electrons. The van der Waals surface area contributed by atoms with Crippen LogP contribution < -0.4 is 4.90 Å². The Morgan fingerprint density at radius 3 is 2.65 bits per heavy atom. The van der Waals surface area contributed by atoms with Crippen molar-refractivity contribution < 1.29 is 9.59 Å². The summed E-state index contributed by atoms with van der Waals surface area (Å²) >= 11 is 6.26. The van der Waals surface area contributed by atoms with Crippen LogP contribution in [0.3, 0.4) is 0 Å². The average Bonchev–Trinajstić information content (AvgIpc) is 2.80. The predicted molar refractivity (Wildman–Crippen MR) is 87.5 cm³/mol. The fourth-order valence-corrected chi connectivity index (χ4v) is 5.11. The smallest absolute Gasteiger partial charge is 0.230 e. The molecule has 1 amide bonds. The zero-order valence-electron chi connectivity index (χ0n) is 11.9. The van der Waals surface area contributed by atoms with Crippen molar-refractivity contribution in [2.24, 2.45) is 0 Å². The summed E-state index contributed by atoms with van der Waals surface area (Å²) < 4.78 is 0.968. The summed E-state index contributed by atoms with van der Waals surface area (Å²) in [4.78, 5) is 29.6. The van der Waals surface area contributed by atoms with Gasteiger partial charge in [0.1, 0.15) is 0 Å². The number of thiazole rings is 1. The Balaban J connectivity index is 2.21. The van der Waals surface area contributed by atoms with Crippen LogP contribution in [-0.2, 0) is 15.0 Å². The van der Waals surface area contributed by atoms with Gasteiger partial charge in [-0.15, -0.1) is 0 Å². The topological polar surface area (TPSA) is 50.3 Å². The highest BCUT2D eigenvalue weighted by Crippen LogP contribution is 2.39. The molecule has 1 atom stereocenters. The van der Waals surface area contributed by atoms with Gasteiger partial charge < -0.3 is 0 Å². The highest BCUT2D eigenvalue weighted by Gasteiger charge is 2.35. The second-order valence-electron chi connectivity index (χ2n) is 5.81. The molecule has 0 bridgehead atoms. The molecule has 2 rings (SSSR count). The van der Waals surface area contributed by atoms with Gasteiger partial charge in [-0.25, -0.2) is 4.98 Å². The lowest BCUT2D eigenvalue weighted by Crippen LogP contribution is -2.25. The van der Waals surface area contributed by atoms with Gasteiger partial charge in [-0.1, -0.05) is 43.9 Å². The molecular weight excluding hydrogens is 360 g/mol. The second-order valence-corrected chi connectivity index (χ2v) is 9.58. The molecule has 0 aliphatic carbocycles. The first-order valence-corrected chi connectivity index (χ1v) is 8.82. The number of hydrogen-bond donors (Lipinski definition) is 0. The van der Waals surface area contributed by atoms with E-state index in [0.29, 0.717) is 13.0 Å². The molecule has 0 spiro atoms. The Bertz CT molecular complexity index is 551. The van der Waals surface area contributed by atoms with Crippen LogP contribution in [0.2, 0.25) is 0 Å². The molecule has 0 saturated carbocycles. The highest BCUT2D eigenvalue weighted by atomic mass is 79.9. The number of rotatable bonds is 2. The van der Waals surface area contributed by atoms with E-state index >= 15 is 0 Å². The molecule has 1 aromatic heterocycles. The van der Waals surface area contributed by atoms with Gasteiger partial charge >= 0.3 is 0 Å². The van der Waals surface area contributed by atoms with Gasteiger partial charge in [0.25, 0.3) is 0 Å². The number of anilines is 1. The number of carbonyl (C=O) groups excluding carboxylic acids is 2. The minimum absolute atomic E-state index is 0.0424. The SMILES string of the molecule is CC(=O)SC1CC(=O)N(c2nc(C(C)(C)C)c(Br)s2)C1. The summed E-state index contributed by atoms with van der Waals surface area (Å²) in [6, 6.07) is 0. The van der Waals surface area contributed by atoms with E-state index in [1.807, 2.05) is 0 Å². The third kappa shape index (κ3) is 3.43. The van der Waals surface area contributed by atoms with Crippen LogP contribution in [0, 0.1) is 0 Å². The quantitative estimate of drug-likeness (QED) is 0.791. The Kier molecular flexibility index (Phi) is 4.61. The molecule has 1 aliphatic heterocycles. The molecular formula is C13H17BrN2O2S2. The van der Waals surface area contributed by atoms with Crippen LogP contribution >= 0.6 is 39.0 Å². The molecule has 110 valence electrons. The molecule has 20 heavy (non-hydrogen) atoms. The number of nitrogens with zero attached hydrogens (tertiary/aromatic N) is 2. The van der Waals surface area contributed by atoms with Crippen molar-refractivity contribution in [2.45, 2.75) is 44.8 Å². The molecule has 1 aliphatic rings. The molecule has 1 unspecified atom stereocenters. The lowest BCUT2D eigenvalue weighted by atomic mass is 9.93. The van der Waals surface area contributed by atoms with Crippen molar-refractivity contribution in [3.8, 4) is 0 Å². The Hall–Kier alpha value is -0.400. The standard InChI is InChI=1S/C13H17BrN2O2S2/c1-7(17)19-8-5-9(18)16(6-8)12-15-10(11(14)20-12)13(2,3)4/h8H,5-6H2,1-4H3. The highest BCUT2D eigenvalue weighted by molar-refractivity contribution is 9.11. The first-order chi connectivity index (χ1) is 9.18. The maximum absolute atomic E-state index is 12.1. The van der Waals surface area contributed by atoms with Crippen LogP contribution in [0.4, 0.5) is 5.13 Å². The normalized spacial score (nSPS) is 19.8. The lowest BCUT2D eigenvalue weighted by Gasteiger charge is -2.16. The summed E-state index contributed by atoms with van der Waals surface area (Å²) in [6.45, 7) is 8.38. The third-order valence-corrected chi connectivity index (χ3v) is 5.65. The average molecular weight is 377 g/mol. The van der Waals surface area contributed by atoms with Crippen LogP contribution in [0.5, 0.6) is 0 Å². The minimum Gasteiger partial charge on any atom is -0.288 e. The minimum atomic E-state index is -0.0656. The van der Waals surface area contributed by atoms with Gasteiger partial charge in [-0.05, 0) is 15.9 Å². The fourth-order valence-electron chi connectivity index (χ4n) is 2.04. The first-order valence-electron chi connectivity index (χ1n) is 6.33. The van der Waals surface area contributed by atoms with Gasteiger partial charge in [0.15, 0.2) is 10.2 Å². The number of hydrogen-bond acceptors (Lipinski definition) is 5. The molecule has 0 aromatic carbocycles. The molecule has 1 aromatic rings. The molecule has 1 fully saturated rings. The number of aromatic nitrogens is 1. The van der Waals surface area contributed by atoms with E-state index in [-0.39, 0.29) is 21.7 Å². The van der Waals surface area contributed by atoms with E-state index in [1.54, 1.807) is 4.90 Å². The molecule has 2 heterocycles. The summed E-state index contributed by atoms with van der Waals surface area (Å²) in [6.07, 6.45) is 0.409. The summed E-state index contributed by atoms with van der Waals surface area (Å²) in [5, 5.41) is 0.819. The van der Waals surface area contributed by atoms with Gasteiger partial charge in [0, 0.05) is 30.6 Å². The molecule has 4 nitrogen and oxygen atoms in total. The van der Waals surface area contributed by atoms with E-state index in [4.69, 9.17) is 0 Å². The van der Waals surface area contributed by atoms with Crippen LogP contribution in [-0.4, -0.2) is 27.8 Å². The Morgan fingerprint density at radius 1 is 1.50 bits per heavy atom. The van der Waals surface area contributed by atoms with Gasteiger partial charge in [-0.2, -0.15) is 0 Å². The Morgan fingerprint density at radius 2 is 2.15 bits per heavy atom. The predicted octanol–water partition coefficient (Wildman–Crippen LogP) is 3.59. The number of halogens is 1. The second kappa shape index (κ2) is 5.77. The molecule has 0 N–H and O–H groups in total. The zero-order valence-corrected chi connectivity index (χ0v) is 15.1. The number of thioether (sulfide) groups is 1. The van der Waals surface area contributed by atoms with Crippen LogP contribution in [0.15, 0.2) is 3.79 Å². The van der Waals surface area contributed by atoms with Crippen molar-refractivity contribution in [3.63, 3.8) is 0 Å². The molecule has 7 heteroatoms. The Labute approximate surface area is 135 Å². The molecule has 1 saturated heterocycles. The van der Waals surface area contributed by atoms with Crippen molar-refractivity contribution in [1.82, 2.24) is 4.98 Å². The monoisotopic (exact) mass is 376 g/mol. The van der Waals surface area contributed by atoms with Crippen molar-refractivity contribution in [1.29, 1.82) is 0 Å². The third-order valence-electron chi connectivity index (χ3n) is 2.94. The summed E-state index contributed by atoms with van der Waals surface area (Å²) in [5.74, 6) is 0.0467. The largest absolute Gasteiger partial charge is 0.288 e. The van der Waals surface area contributed by atoms with Gasteiger partial charge in [-0.3, -0.25) is 14.5 Å². The van der Waals surface area contributed by atoms with E-state index < -0.39 is 0 Å². The summed E-state index contributed by atoms with van der Waals surface area (Å²) in [5.41, 5.74) is 0.900. The number of carbonyl (C=O) groups is 2. The fraction of sp³-hybridized carbons (Fsp3) is 0.615. The van der Waals surface area contributed by atoms with E-state index in [0.717, 1.165) is 14.6 Å². The van der Waals surface area contributed by atoms with Gasteiger partial charge in [0.2, 0.25) is 5.91 Å². The van der Waals surface area contributed by atoms with E-state index in [2.05, 4.69) is 41.7 Å². The van der Waals surface area contributed by atoms with Crippen molar-refractivity contribution in [3.05, 3.63) is 9.48 Å². The maximum Gasteiger partial charge on any atom is 0.230 e. The van der Waals surface area contributed by atoms with Gasteiger partial charge in [0.05, 0.1) is 9.48 Å². The summed E-state index contributed by atoms with van der Waals surface area (Å²) in [7, 11) is 0. The first kappa shape index (κ1) is 16.0. The van der Waals surface area contributed by atoms with Crippen LogP contribution in [0.1, 0.15) is 39.8 Å². The van der Waals surface area contributed by atoms with E-state index in [1.165, 1.54) is 30.0 Å². The number of amides is 1.